The van der Waals surface area contributed by atoms with Gasteiger partial charge in [-0.2, -0.15) is 0 Å². The van der Waals surface area contributed by atoms with Crippen molar-refractivity contribution in [2.75, 3.05) is 13.4 Å². The Morgan fingerprint density at radius 2 is 2.06 bits per heavy atom. The molecule has 18 heavy (non-hydrogen) atoms. The van der Waals surface area contributed by atoms with Crippen LogP contribution in [0, 0.1) is 6.92 Å². The first-order valence-electron chi connectivity index (χ1n) is 5.32. The molecule has 1 aromatic carbocycles. The van der Waals surface area contributed by atoms with Crippen molar-refractivity contribution in [3.63, 3.8) is 0 Å². The Hall–Kier alpha value is -1.82. The molecule has 0 unspecified atom stereocenters. The van der Waals surface area contributed by atoms with Crippen LogP contribution in [0.15, 0.2) is 35.7 Å². The van der Waals surface area contributed by atoms with E-state index in [1.807, 2.05) is 19.1 Å². The SMILES string of the molecule is COc1ccc(C)cc1-n1ccnc1S(C)(=O)=O. The predicted octanol–water partition coefficient (Wildman–Crippen LogP) is 1.59. The van der Waals surface area contributed by atoms with Crippen LogP contribution in [0.5, 0.6) is 5.75 Å². The molecule has 0 bridgehead atoms. The molecular formula is C12H14N2O3S. The number of rotatable bonds is 3. The lowest BCUT2D eigenvalue weighted by molar-refractivity contribution is 0.412. The molecule has 0 N–H and O–H groups in total. The molecule has 1 heterocycles. The number of aryl methyl sites for hydroxylation is 1. The molecule has 2 aromatic rings. The second-order valence-electron chi connectivity index (χ2n) is 4.03. The summed E-state index contributed by atoms with van der Waals surface area (Å²) in [5.41, 5.74) is 1.68. The molecule has 0 saturated heterocycles. The van der Waals surface area contributed by atoms with Gasteiger partial charge in [0.2, 0.25) is 15.0 Å². The van der Waals surface area contributed by atoms with E-state index in [2.05, 4.69) is 4.98 Å². The van der Waals surface area contributed by atoms with Crippen LogP contribution in [-0.2, 0) is 9.84 Å². The smallest absolute Gasteiger partial charge is 0.232 e. The number of ether oxygens (including phenoxy) is 1. The van der Waals surface area contributed by atoms with Crippen molar-refractivity contribution >= 4 is 9.84 Å². The summed E-state index contributed by atoms with van der Waals surface area (Å²) >= 11 is 0. The summed E-state index contributed by atoms with van der Waals surface area (Å²) in [6.07, 6.45) is 4.19. The van der Waals surface area contributed by atoms with Gasteiger partial charge >= 0.3 is 0 Å². The van der Waals surface area contributed by atoms with E-state index in [-0.39, 0.29) is 5.16 Å². The molecule has 0 atom stereocenters. The van der Waals surface area contributed by atoms with Crippen LogP contribution in [0.4, 0.5) is 0 Å². The Kier molecular flexibility index (Phi) is 3.13. The summed E-state index contributed by atoms with van der Waals surface area (Å²) < 4.78 is 30.1. The fourth-order valence-corrected chi connectivity index (χ4v) is 2.50. The Morgan fingerprint density at radius 1 is 1.33 bits per heavy atom. The lowest BCUT2D eigenvalue weighted by Gasteiger charge is -2.12. The maximum Gasteiger partial charge on any atom is 0.232 e. The summed E-state index contributed by atoms with van der Waals surface area (Å²) in [6.45, 7) is 1.93. The second kappa shape index (κ2) is 4.45. The van der Waals surface area contributed by atoms with Crippen LogP contribution >= 0.6 is 0 Å². The number of sulfone groups is 1. The molecule has 0 aliphatic rings. The number of methoxy groups -OCH3 is 1. The van der Waals surface area contributed by atoms with E-state index in [4.69, 9.17) is 4.74 Å². The standard InChI is InChI=1S/C12H14N2O3S/c1-9-4-5-11(17-2)10(8-9)14-7-6-13-12(14)18(3,15)16/h4-8H,1-3H3. The van der Waals surface area contributed by atoms with Gasteiger partial charge in [0.25, 0.3) is 0 Å². The third-order valence-electron chi connectivity index (χ3n) is 2.53. The van der Waals surface area contributed by atoms with Crippen molar-refractivity contribution in [1.82, 2.24) is 9.55 Å². The zero-order chi connectivity index (χ0) is 13.3. The number of imidazole rings is 1. The molecule has 5 nitrogen and oxygen atoms in total. The third-order valence-corrected chi connectivity index (χ3v) is 3.50. The van der Waals surface area contributed by atoms with Crippen molar-refractivity contribution in [3.05, 3.63) is 36.2 Å². The monoisotopic (exact) mass is 266 g/mol. The van der Waals surface area contributed by atoms with Crippen molar-refractivity contribution in [3.8, 4) is 11.4 Å². The average Bonchev–Trinajstić information content (AvgIpc) is 2.77. The van der Waals surface area contributed by atoms with Crippen molar-refractivity contribution < 1.29 is 13.2 Å². The Labute approximate surface area is 106 Å². The predicted molar refractivity (Wildman–Crippen MR) is 68.0 cm³/mol. The molecule has 0 fully saturated rings. The highest BCUT2D eigenvalue weighted by molar-refractivity contribution is 7.90. The van der Waals surface area contributed by atoms with Gasteiger partial charge in [0, 0.05) is 18.6 Å². The highest BCUT2D eigenvalue weighted by atomic mass is 32.2. The lowest BCUT2D eigenvalue weighted by atomic mass is 10.2. The van der Waals surface area contributed by atoms with Crippen molar-refractivity contribution in [1.29, 1.82) is 0 Å². The molecule has 0 aliphatic heterocycles. The molecule has 0 spiro atoms. The Bertz CT molecular complexity index is 674. The zero-order valence-electron chi connectivity index (χ0n) is 10.4. The van der Waals surface area contributed by atoms with Crippen molar-refractivity contribution in [2.45, 2.75) is 12.1 Å². The maximum absolute atomic E-state index is 11.6. The van der Waals surface area contributed by atoms with E-state index in [1.54, 1.807) is 19.4 Å². The molecule has 2 rings (SSSR count). The molecule has 0 aliphatic carbocycles. The fourth-order valence-electron chi connectivity index (χ4n) is 1.74. The fraction of sp³-hybridized carbons (Fsp3) is 0.250. The van der Waals surface area contributed by atoms with E-state index in [1.165, 1.54) is 10.8 Å². The van der Waals surface area contributed by atoms with Crippen LogP contribution in [0.25, 0.3) is 5.69 Å². The van der Waals surface area contributed by atoms with Gasteiger partial charge in [-0.1, -0.05) is 6.07 Å². The van der Waals surface area contributed by atoms with E-state index in [0.717, 1.165) is 11.8 Å². The van der Waals surface area contributed by atoms with Gasteiger partial charge in [-0.25, -0.2) is 13.4 Å². The van der Waals surface area contributed by atoms with Gasteiger partial charge in [0.15, 0.2) is 0 Å². The summed E-state index contributed by atoms with van der Waals surface area (Å²) in [5, 5.41) is 0.00593. The summed E-state index contributed by atoms with van der Waals surface area (Å²) in [6, 6.07) is 5.56. The van der Waals surface area contributed by atoms with E-state index in [0.29, 0.717) is 11.4 Å². The highest BCUT2D eigenvalue weighted by Gasteiger charge is 2.17. The zero-order valence-corrected chi connectivity index (χ0v) is 11.2. The number of benzene rings is 1. The van der Waals surface area contributed by atoms with Gasteiger partial charge in [0.05, 0.1) is 12.8 Å². The Morgan fingerprint density at radius 3 is 2.67 bits per heavy atom. The highest BCUT2D eigenvalue weighted by Crippen LogP contribution is 2.26. The average molecular weight is 266 g/mol. The Balaban J connectivity index is 2.70. The van der Waals surface area contributed by atoms with E-state index < -0.39 is 9.84 Å². The normalized spacial score (nSPS) is 11.5. The van der Waals surface area contributed by atoms with E-state index in [9.17, 15) is 8.42 Å². The molecule has 1 aromatic heterocycles. The van der Waals surface area contributed by atoms with Gasteiger partial charge < -0.3 is 4.74 Å². The maximum atomic E-state index is 11.6. The minimum Gasteiger partial charge on any atom is -0.495 e. The van der Waals surface area contributed by atoms with Crippen LogP contribution < -0.4 is 4.74 Å². The van der Waals surface area contributed by atoms with E-state index >= 15 is 0 Å². The van der Waals surface area contributed by atoms with Crippen LogP contribution in [0.1, 0.15) is 5.56 Å². The van der Waals surface area contributed by atoms with Gasteiger partial charge in [-0.3, -0.25) is 4.57 Å². The third kappa shape index (κ3) is 2.24. The summed E-state index contributed by atoms with van der Waals surface area (Å²) in [4.78, 5) is 3.89. The minimum atomic E-state index is -3.38. The quantitative estimate of drug-likeness (QED) is 0.846. The molecular weight excluding hydrogens is 252 g/mol. The van der Waals surface area contributed by atoms with Gasteiger partial charge in [-0.05, 0) is 24.6 Å². The first-order chi connectivity index (χ1) is 8.43. The first kappa shape index (κ1) is 12.6. The number of nitrogens with zero attached hydrogens (tertiary/aromatic N) is 2. The number of aromatic nitrogens is 2. The molecule has 96 valence electrons. The van der Waals surface area contributed by atoms with Crippen molar-refractivity contribution in [2.24, 2.45) is 0 Å². The first-order valence-corrected chi connectivity index (χ1v) is 7.21. The number of hydrogen-bond acceptors (Lipinski definition) is 4. The second-order valence-corrected chi connectivity index (χ2v) is 5.94. The van der Waals surface area contributed by atoms with Crippen LogP contribution in [0.3, 0.4) is 0 Å². The molecule has 0 amide bonds. The summed E-state index contributed by atoms with van der Waals surface area (Å²) in [5.74, 6) is 0.600. The number of hydrogen-bond donors (Lipinski definition) is 0. The molecule has 6 heteroatoms. The molecule has 0 radical (unpaired) electrons. The van der Waals surface area contributed by atoms with Crippen LogP contribution in [-0.4, -0.2) is 31.3 Å². The topological polar surface area (TPSA) is 61.2 Å². The summed E-state index contributed by atoms with van der Waals surface area (Å²) in [7, 11) is -1.83. The van der Waals surface area contributed by atoms with Crippen LogP contribution in [0.2, 0.25) is 0 Å². The lowest BCUT2D eigenvalue weighted by Crippen LogP contribution is -2.08. The molecule has 0 saturated carbocycles. The largest absolute Gasteiger partial charge is 0.495 e. The minimum absolute atomic E-state index is 0.00593. The van der Waals surface area contributed by atoms with Gasteiger partial charge in [0.1, 0.15) is 5.75 Å². The van der Waals surface area contributed by atoms with Gasteiger partial charge in [-0.15, -0.1) is 0 Å².